The van der Waals surface area contributed by atoms with Crippen molar-refractivity contribution in [3.05, 3.63) is 30.4 Å². The molecule has 0 unspecified atom stereocenters. The maximum Gasteiger partial charge on any atom is 0.240 e. The lowest BCUT2D eigenvalue weighted by Gasteiger charge is -2.14. The van der Waals surface area contributed by atoms with Crippen LogP contribution in [0.4, 0.5) is 5.13 Å². The zero-order valence-corrected chi connectivity index (χ0v) is 14.0. The fourth-order valence-electron chi connectivity index (χ4n) is 4.33. The molecule has 0 spiro atoms. The number of carbonyl (C=O) groups is 2. The number of amides is 2. The zero-order chi connectivity index (χ0) is 17.1. The highest BCUT2D eigenvalue weighted by molar-refractivity contribution is 7.22. The summed E-state index contributed by atoms with van der Waals surface area (Å²) in [6.07, 6.45) is 10.3. The van der Waals surface area contributed by atoms with E-state index in [1.54, 1.807) is 6.07 Å². The van der Waals surface area contributed by atoms with Gasteiger partial charge in [-0.1, -0.05) is 35.5 Å². The number of rotatable bonds is 3. The van der Waals surface area contributed by atoms with Crippen LogP contribution < -0.4 is 9.64 Å². The van der Waals surface area contributed by atoms with Gasteiger partial charge in [0.15, 0.2) is 5.13 Å². The summed E-state index contributed by atoms with van der Waals surface area (Å²) in [7, 11) is 0. The summed E-state index contributed by atoms with van der Waals surface area (Å²) in [5.74, 6) is 2.73. The third-order valence-electron chi connectivity index (χ3n) is 5.34. The molecule has 6 heteroatoms. The Morgan fingerprint density at radius 3 is 2.64 bits per heavy atom. The van der Waals surface area contributed by atoms with Crippen molar-refractivity contribution in [3.63, 3.8) is 0 Å². The lowest BCUT2D eigenvalue weighted by atomic mass is 9.85. The molecule has 2 bridgehead atoms. The van der Waals surface area contributed by atoms with E-state index in [9.17, 15) is 9.59 Å². The van der Waals surface area contributed by atoms with Gasteiger partial charge in [0.25, 0.3) is 0 Å². The van der Waals surface area contributed by atoms with E-state index in [2.05, 4.69) is 23.1 Å². The fourth-order valence-corrected chi connectivity index (χ4v) is 5.33. The molecule has 5 rings (SSSR count). The number of allylic oxidation sites excluding steroid dienone is 2. The maximum atomic E-state index is 12.9. The van der Waals surface area contributed by atoms with Crippen molar-refractivity contribution in [2.75, 3.05) is 11.5 Å². The van der Waals surface area contributed by atoms with E-state index < -0.39 is 0 Å². The number of benzene rings is 1. The maximum absolute atomic E-state index is 12.9. The molecule has 4 atom stereocenters. The van der Waals surface area contributed by atoms with Crippen LogP contribution in [0.2, 0.25) is 0 Å². The molecule has 2 aliphatic carbocycles. The van der Waals surface area contributed by atoms with Crippen LogP contribution >= 0.6 is 11.3 Å². The smallest absolute Gasteiger partial charge is 0.240 e. The standard InChI is InChI=1S/C19H14N2O3S/c1-2-8-24-12-4-3-5-13-16(12)20-19(25-13)21-17(22)14-10-6-7-11(9-10)15(14)18(21)23/h1,3-7,10-11,14-15H,8-9H2/t10-,11+,14-,15+. The van der Waals surface area contributed by atoms with E-state index in [0.717, 1.165) is 11.1 Å². The van der Waals surface area contributed by atoms with Crippen molar-refractivity contribution < 1.29 is 14.3 Å². The lowest BCUT2D eigenvalue weighted by Crippen LogP contribution is -2.32. The average Bonchev–Trinajstić information content (AvgIpc) is 3.35. The molecule has 25 heavy (non-hydrogen) atoms. The molecule has 0 radical (unpaired) electrons. The minimum Gasteiger partial charge on any atom is -0.479 e. The normalized spacial score (nSPS) is 29.5. The van der Waals surface area contributed by atoms with Gasteiger partial charge in [-0.2, -0.15) is 0 Å². The molecule has 3 aliphatic rings. The summed E-state index contributed by atoms with van der Waals surface area (Å²) < 4.78 is 6.39. The molecule has 1 saturated carbocycles. The van der Waals surface area contributed by atoms with Crippen LogP contribution in [-0.4, -0.2) is 23.4 Å². The Labute approximate surface area is 148 Å². The molecular formula is C19H14N2O3S. The van der Waals surface area contributed by atoms with Gasteiger partial charge in [0.1, 0.15) is 17.9 Å². The number of aromatic nitrogens is 1. The van der Waals surface area contributed by atoms with Crippen LogP contribution in [0.5, 0.6) is 5.75 Å². The molecule has 2 aromatic rings. The van der Waals surface area contributed by atoms with Gasteiger partial charge in [-0.15, -0.1) is 6.42 Å². The molecule has 1 aliphatic heterocycles. The highest BCUT2D eigenvalue weighted by atomic mass is 32.1. The first-order chi connectivity index (χ1) is 12.2. The third-order valence-corrected chi connectivity index (χ3v) is 6.35. The van der Waals surface area contributed by atoms with Crippen molar-refractivity contribution >= 4 is 38.5 Å². The lowest BCUT2D eigenvalue weighted by molar-refractivity contribution is -0.123. The van der Waals surface area contributed by atoms with Gasteiger partial charge in [0, 0.05) is 0 Å². The van der Waals surface area contributed by atoms with E-state index in [0.29, 0.717) is 16.4 Å². The average molecular weight is 350 g/mol. The monoisotopic (exact) mass is 350 g/mol. The third kappa shape index (κ3) is 1.93. The molecule has 124 valence electrons. The minimum atomic E-state index is -0.216. The van der Waals surface area contributed by atoms with E-state index >= 15 is 0 Å². The number of anilines is 1. The van der Waals surface area contributed by atoms with E-state index in [4.69, 9.17) is 11.2 Å². The molecular weight excluding hydrogens is 336 g/mol. The number of carbonyl (C=O) groups excluding carboxylic acids is 2. The van der Waals surface area contributed by atoms with Gasteiger partial charge in [-0.3, -0.25) is 9.59 Å². The Kier molecular flexibility index (Phi) is 3.03. The quantitative estimate of drug-likeness (QED) is 0.485. The Morgan fingerprint density at radius 2 is 1.96 bits per heavy atom. The highest BCUT2D eigenvalue weighted by Gasteiger charge is 2.60. The van der Waals surface area contributed by atoms with Gasteiger partial charge in [0.2, 0.25) is 11.8 Å². The van der Waals surface area contributed by atoms with Crippen molar-refractivity contribution in [2.45, 2.75) is 6.42 Å². The number of imide groups is 1. The molecule has 1 aromatic carbocycles. The Morgan fingerprint density at radius 1 is 1.24 bits per heavy atom. The van der Waals surface area contributed by atoms with Crippen molar-refractivity contribution in [1.29, 1.82) is 0 Å². The molecule has 1 aromatic heterocycles. The Bertz CT molecular complexity index is 956. The van der Waals surface area contributed by atoms with Crippen LogP contribution in [0.15, 0.2) is 30.4 Å². The second-order valence-electron chi connectivity index (χ2n) is 6.60. The molecule has 2 heterocycles. The summed E-state index contributed by atoms with van der Waals surface area (Å²) in [6, 6.07) is 5.54. The van der Waals surface area contributed by atoms with Crippen molar-refractivity contribution in [1.82, 2.24) is 4.98 Å². The molecule has 0 N–H and O–H groups in total. The number of ether oxygens (including phenoxy) is 1. The summed E-state index contributed by atoms with van der Waals surface area (Å²) >= 11 is 1.33. The van der Waals surface area contributed by atoms with Crippen LogP contribution in [0.3, 0.4) is 0 Å². The van der Waals surface area contributed by atoms with Gasteiger partial charge in [-0.05, 0) is 30.4 Å². The summed E-state index contributed by atoms with van der Waals surface area (Å²) in [4.78, 5) is 31.6. The molecule has 2 fully saturated rings. The van der Waals surface area contributed by atoms with E-state index in [1.807, 2.05) is 12.1 Å². The second-order valence-corrected chi connectivity index (χ2v) is 7.61. The van der Waals surface area contributed by atoms with Crippen LogP contribution in [0.1, 0.15) is 6.42 Å². The number of fused-ring (bicyclic) bond motifs is 6. The Hall–Kier alpha value is -2.65. The molecule has 2 amide bonds. The number of thiazole rings is 1. The number of para-hydroxylation sites is 1. The topological polar surface area (TPSA) is 59.5 Å². The van der Waals surface area contributed by atoms with Crippen molar-refractivity contribution in [3.8, 4) is 18.1 Å². The van der Waals surface area contributed by atoms with Crippen LogP contribution in [0, 0.1) is 36.0 Å². The largest absolute Gasteiger partial charge is 0.479 e. The Balaban J connectivity index is 1.55. The van der Waals surface area contributed by atoms with Gasteiger partial charge in [-0.25, -0.2) is 9.88 Å². The zero-order valence-electron chi connectivity index (χ0n) is 13.2. The fraction of sp³-hybridized carbons (Fsp3) is 0.316. The second kappa shape index (κ2) is 5.17. The molecule has 5 nitrogen and oxygen atoms in total. The SMILES string of the molecule is C#CCOc1cccc2sc(N3C(=O)[C@@H]4[C@H](C3=O)[C@@H]3C=C[C@H]4C3)nc12. The summed E-state index contributed by atoms with van der Waals surface area (Å²) in [5, 5.41) is 0.426. The predicted octanol–water partition coefficient (Wildman–Crippen LogP) is 2.62. The number of terminal acetylenes is 1. The number of hydrogen-bond donors (Lipinski definition) is 0. The van der Waals surface area contributed by atoms with E-state index in [-0.39, 0.29) is 42.1 Å². The van der Waals surface area contributed by atoms with E-state index in [1.165, 1.54) is 16.2 Å². The van der Waals surface area contributed by atoms with Gasteiger partial charge in [0.05, 0.1) is 16.5 Å². The van der Waals surface area contributed by atoms with Crippen molar-refractivity contribution in [2.24, 2.45) is 23.7 Å². The summed E-state index contributed by atoms with van der Waals surface area (Å²) in [6.45, 7) is 0.146. The predicted molar refractivity (Wildman–Crippen MR) is 94.2 cm³/mol. The first-order valence-corrected chi connectivity index (χ1v) is 9.02. The van der Waals surface area contributed by atoms with Gasteiger partial charge >= 0.3 is 0 Å². The number of nitrogens with zero attached hydrogens (tertiary/aromatic N) is 2. The molecule has 1 saturated heterocycles. The summed E-state index contributed by atoms with van der Waals surface area (Å²) in [5.41, 5.74) is 0.636. The van der Waals surface area contributed by atoms with Crippen LogP contribution in [-0.2, 0) is 9.59 Å². The van der Waals surface area contributed by atoms with Gasteiger partial charge < -0.3 is 4.74 Å². The number of hydrogen-bond acceptors (Lipinski definition) is 5. The first-order valence-electron chi connectivity index (χ1n) is 8.21. The minimum absolute atomic E-state index is 0.114. The van der Waals surface area contributed by atoms with Crippen LogP contribution in [0.25, 0.3) is 10.2 Å². The first kappa shape index (κ1) is 14.7. The highest BCUT2D eigenvalue weighted by Crippen LogP contribution is 2.53.